The number of ketones is 1. The van der Waals surface area contributed by atoms with Crippen molar-refractivity contribution in [3.8, 4) is 11.5 Å². The van der Waals surface area contributed by atoms with E-state index < -0.39 is 35.1 Å². The Balaban J connectivity index is 1.61. The summed E-state index contributed by atoms with van der Waals surface area (Å²) in [5, 5.41) is 0. The maximum absolute atomic E-state index is 13.5. The van der Waals surface area contributed by atoms with Gasteiger partial charge >= 0.3 is 5.97 Å². The minimum Gasteiger partial charge on any atom is -0.469 e. The van der Waals surface area contributed by atoms with Crippen molar-refractivity contribution in [3.05, 3.63) is 88.3 Å². The predicted molar refractivity (Wildman–Crippen MR) is 96.5 cm³/mol. The number of carbonyl (C=O) groups excluding carboxylic acids is 2. The number of carbonyl (C=O) groups is 2. The van der Waals surface area contributed by atoms with Gasteiger partial charge < -0.3 is 13.9 Å². The number of rotatable bonds is 2. The van der Waals surface area contributed by atoms with E-state index in [4.69, 9.17) is 13.9 Å². The van der Waals surface area contributed by atoms with Crippen LogP contribution >= 0.6 is 0 Å². The third-order valence-electron chi connectivity index (χ3n) is 4.97. The molecule has 5 rings (SSSR count). The summed E-state index contributed by atoms with van der Waals surface area (Å²) in [5.41, 5.74) is 0.596. The topological polar surface area (TPSA) is 65.7 Å². The largest absolute Gasteiger partial charge is 0.469 e. The van der Waals surface area contributed by atoms with E-state index in [1.807, 2.05) is 0 Å². The summed E-state index contributed by atoms with van der Waals surface area (Å²) in [4.78, 5) is 24.8. The molecule has 0 radical (unpaired) electrons. The molecule has 1 atom stereocenters. The van der Waals surface area contributed by atoms with Gasteiger partial charge in [0.1, 0.15) is 17.3 Å². The smallest absolute Gasteiger partial charge is 0.312 e. The molecule has 8 heteroatoms. The molecule has 0 N–H and O–H groups in total. The molecule has 0 spiro atoms. The number of ether oxygens (including phenoxy) is 2. The zero-order valence-electron chi connectivity index (χ0n) is 15.1. The number of fused-ring (bicyclic) bond motifs is 3. The van der Waals surface area contributed by atoms with Crippen LogP contribution in [0.25, 0.3) is 6.08 Å². The van der Waals surface area contributed by atoms with Crippen molar-refractivity contribution in [2.45, 2.75) is 12.3 Å². The second-order valence-electron chi connectivity index (χ2n) is 6.84. The number of hydrogen-bond acceptors (Lipinski definition) is 5. The first-order chi connectivity index (χ1) is 14.4. The molecular formula is C22H11F3O5. The predicted octanol–water partition coefficient (Wildman–Crippen LogP) is 4.75. The first kappa shape index (κ1) is 18.2. The standard InChI is InChI=1S/C22H11F3O5/c23-13-6-10(7-14(24)20(13)25)8-17-21(27)11-3-4-16-19(22(11)30-17)12(9-18(26)29-16)15-2-1-5-28-15/h1-8,12H,9H2. The molecular weight excluding hydrogens is 401 g/mol. The molecule has 2 aliphatic heterocycles. The molecule has 3 aromatic rings. The second kappa shape index (κ2) is 6.62. The van der Waals surface area contributed by atoms with Gasteiger partial charge in [-0.05, 0) is 48.0 Å². The highest BCUT2D eigenvalue weighted by Crippen LogP contribution is 2.49. The van der Waals surface area contributed by atoms with Gasteiger partial charge in [-0.2, -0.15) is 0 Å². The van der Waals surface area contributed by atoms with Gasteiger partial charge in [-0.1, -0.05) is 0 Å². The Morgan fingerprint density at radius 2 is 1.77 bits per heavy atom. The fourth-order valence-corrected chi connectivity index (χ4v) is 3.65. The molecule has 3 heterocycles. The normalized spacial score (nSPS) is 18.8. The Kier molecular flexibility index (Phi) is 4.02. The highest BCUT2D eigenvalue weighted by atomic mass is 19.2. The first-order valence-electron chi connectivity index (χ1n) is 8.92. The van der Waals surface area contributed by atoms with Crippen molar-refractivity contribution in [2.75, 3.05) is 0 Å². The lowest BCUT2D eigenvalue weighted by Crippen LogP contribution is -2.21. The minimum atomic E-state index is -1.60. The zero-order chi connectivity index (χ0) is 21.0. The lowest BCUT2D eigenvalue weighted by atomic mass is 9.88. The summed E-state index contributed by atoms with van der Waals surface area (Å²) in [7, 11) is 0. The van der Waals surface area contributed by atoms with Crippen molar-refractivity contribution in [2.24, 2.45) is 0 Å². The van der Waals surface area contributed by atoms with Crippen LogP contribution in [0.4, 0.5) is 13.2 Å². The Morgan fingerprint density at radius 3 is 2.47 bits per heavy atom. The van der Waals surface area contributed by atoms with Gasteiger partial charge in [-0.25, -0.2) is 13.2 Å². The number of hydrogen-bond donors (Lipinski definition) is 0. The number of halogens is 3. The number of Topliss-reactive ketones (excluding diaryl/α,β-unsaturated/α-hetero) is 1. The molecule has 2 aromatic carbocycles. The zero-order valence-corrected chi connectivity index (χ0v) is 15.1. The Bertz CT molecular complexity index is 1220. The van der Waals surface area contributed by atoms with Gasteiger partial charge in [0, 0.05) is 5.56 Å². The van der Waals surface area contributed by atoms with E-state index in [2.05, 4.69) is 0 Å². The molecule has 1 unspecified atom stereocenters. The molecule has 0 bridgehead atoms. The summed E-state index contributed by atoms with van der Waals surface area (Å²) in [6.07, 6.45) is 2.58. The van der Waals surface area contributed by atoms with E-state index in [0.29, 0.717) is 11.3 Å². The van der Waals surface area contributed by atoms with Crippen LogP contribution in [0.3, 0.4) is 0 Å². The molecule has 150 valence electrons. The van der Waals surface area contributed by atoms with E-state index in [1.165, 1.54) is 18.4 Å². The van der Waals surface area contributed by atoms with E-state index >= 15 is 0 Å². The van der Waals surface area contributed by atoms with E-state index in [1.54, 1.807) is 12.1 Å². The fourth-order valence-electron chi connectivity index (χ4n) is 3.65. The summed E-state index contributed by atoms with van der Waals surface area (Å²) < 4.78 is 56.7. The molecule has 0 fully saturated rings. The van der Waals surface area contributed by atoms with Crippen LogP contribution in [-0.2, 0) is 4.79 Å². The highest BCUT2D eigenvalue weighted by molar-refractivity contribution is 6.15. The lowest BCUT2D eigenvalue weighted by molar-refractivity contribution is -0.135. The molecule has 0 aliphatic carbocycles. The average molecular weight is 412 g/mol. The number of furan rings is 1. The van der Waals surface area contributed by atoms with Crippen molar-refractivity contribution in [1.82, 2.24) is 0 Å². The third-order valence-corrected chi connectivity index (χ3v) is 4.97. The highest BCUT2D eigenvalue weighted by Gasteiger charge is 2.39. The van der Waals surface area contributed by atoms with Gasteiger partial charge in [-0.3, -0.25) is 9.59 Å². The van der Waals surface area contributed by atoms with Crippen LogP contribution in [0.5, 0.6) is 11.5 Å². The molecule has 0 saturated carbocycles. The minimum absolute atomic E-state index is 0.0120. The lowest BCUT2D eigenvalue weighted by Gasteiger charge is -2.24. The third kappa shape index (κ3) is 2.80. The Hall–Kier alpha value is -3.81. The van der Waals surface area contributed by atoms with Crippen LogP contribution in [0, 0.1) is 17.5 Å². The van der Waals surface area contributed by atoms with Crippen LogP contribution in [0.15, 0.2) is 52.8 Å². The van der Waals surface area contributed by atoms with Gasteiger partial charge in [0.05, 0.1) is 24.2 Å². The maximum atomic E-state index is 13.5. The summed E-state index contributed by atoms with van der Waals surface area (Å²) in [6.45, 7) is 0. The molecule has 0 saturated heterocycles. The second-order valence-corrected chi connectivity index (χ2v) is 6.84. The van der Waals surface area contributed by atoms with Crippen LogP contribution in [-0.4, -0.2) is 11.8 Å². The summed E-state index contributed by atoms with van der Waals surface area (Å²) in [5.74, 6) is -5.15. The molecule has 1 aromatic heterocycles. The first-order valence-corrected chi connectivity index (χ1v) is 8.92. The maximum Gasteiger partial charge on any atom is 0.312 e. The molecule has 2 aliphatic rings. The van der Waals surface area contributed by atoms with Gasteiger partial charge in [0.2, 0.25) is 5.78 Å². The van der Waals surface area contributed by atoms with E-state index in [-0.39, 0.29) is 34.8 Å². The quantitative estimate of drug-likeness (QED) is 0.263. The summed E-state index contributed by atoms with van der Waals surface area (Å²) >= 11 is 0. The van der Waals surface area contributed by atoms with Crippen LogP contribution in [0.2, 0.25) is 0 Å². The monoisotopic (exact) mass is 412 g/mol. The number of esters is 1. The molecule has 5 nitrogen and oxygen atoms in total. The molecule has 30 heavy (non-hydrogen) atoms. The van der Waals surface area contributed by atoms with Gasteiger partial charge in [-0.15, -0.1) is 0 Å². The van der Waals surface area contributed by atoms with Gasteiger partial charge in [0.15, 0.2) is 23.2 Å². The van der Waals surface area contributed by atoms with Crippen molar-refractivity contribution < 1.29 is 36.7 Å². The van der Waals surface area contributed by atoms with Crippen LogP contribution < -0.4 is 9.47 Å². The Morgan fingerprint density at radius 1 is 1.00 bits per heavy atom. The number of benzene rings is 2. The number of allylic oxidation sites excluding steroid dienone is 1. The van der Waals surface area contributed by atoms with Crippen LogP contribution in [0.1, 0.15) is 39.6 Å². The fraction of sp³-hybridized carbons (Fsp3) is 0.0909. The van der Waals surface area contributed by atoms with E-state index in [0.717, 1.165) is 18.2 Å². The summed E-state index contributed by atoms with van der Waals surface area (Å²) in [6, 6.07) is 7.82. The van der Waals surface area contributed by atoms with Gasteiger partial charge in [0.25, 0.3) is 0 Å². The van der Waals surface area contributed by atoms with Crippen molar-refractivity contribution in [1.29, 1.82) is 0 Å². The van der Waals surface area contributed by atoms with E-state index in [9.17, 15) is 22.8 Å². The van der Waals surface area contributed by atoms with Crippen molar-refractivity contribution in [3.63, 3.8) is 0 Å². The average Bonchev–Trinajstić information content (AvgIpc) is 3.34. The SMILES string of the molecule is O=C1CC(c2ccco2)c2c(ccc3c2OC(=Cc2cc(F)c(F)c(F)c2)C3=O)O1. The molecule has 0 amide bonds. The Labute approximate surface area is 167 Å². The van der Waals surface area contributed by atoms with Crippen molar-refractivity contribution >= 4 is 17.8 Å².